The van der Waals surface area contributed by atoms with Gasteiger partial charge < -0.3 is 14.8 Å². The van der Waals surface area contributed by atoms with Crippen molar-refractivity contribution in [2.24, 2.45) is 0 Å². The molecule has 0 aliphatic heterocycles. The van der Waals surface area contributed by atoms with E-state index in [2.05, 4.69) is 5.32 Å². The Bertz CT molecular complexity index is 691. The first-order chi connectivity index (χ1) is 10.5. The quantitative estimate of drug-likeness (QED) is 0.917. The maximum Gasteiger partial charge on any atom is 0.251 e. The second-order valence-corrected chi connectivity index (χ2v) is 4.91. The highest BCUT2D eigenvalue weighted by atomic mass is 35.5. The number of carbonyl (C=O) groups is 1. The van der Waals surface area contributed by atoms with Crippen LogP contribution in [0.1, 0.15) is 15.9 Å². The molecule has 0 heterocycles. The topological polar surface area (TPSA) is 47.6 Å². The molecule has 2 aromatic carbocycles. The summed E-state index contributed by atoms with van der Waals surface area (Å²) in [6.07, 6.45) is 0. The van der Waals surface area contributed by atoms with E-state index in [-0.39, 0.29) is 10.9 Å². The van der Waals surface area contributed by atoms with Crippen molar-refractivity contribution >= 4 is 17.5 Å². The molecular weight excluding hydrogens is 309 g/mol. The van der Waals surface area contributed by atoms with E-state index in [4.69, 9.17) is 21.1 Å². The summed E-state index contributed by atoms with van der Waals surface area (Å²) in [6, 6.07) is 9.19. The van der Waals surface area contributed by atoms with Crippen molar-refractivity contribution in [3.8, 4) is 11.5 Å². The molecule has 0 aliphatic rings. The third kappa shape index (κ3) is 3.68. The zero-order valence-electron chi connectivity index (χ0n) is 12.2. The average molecular weight is 324 g/mol. The first kappa shape index (κ1) is 16.1. The van der Waals surface area contributed by atoms with Crippen LogP contribution in [0, 0.1) is 5.82 Å². The van der Waals surface area contributed by atoms with Crippen LogP contribution < -0.4 is 14.8 Å². The number of carbonyl (C=O) groups excluding carboxylic acids is 1. The third-order valence-corrected chi connectivity index (χ3v) is 3.37. The number of benzene rings is 2. The molecule has 6 heteroatoms. The molecule has 0 fully saturated rings. The second-order valence-electron chi connectivity index (χ2n) is 4.50. The van der Waals surface area contributed by atoms with E-state index in [1.165, 1.54) is 12.1 Å². The average Bonchev–Trinajstić information content (AvgIpc) is 2.54. The number of amides is 1. The Balaban J connectivity index is 2.06. The summed E-state index contributed by atoms with van der Waals surface area (Å²) in [5.74, 6) is 0.303. The molecule has 0 aliphatic carbocycles. The van der Waals surface area contributed by atoms with Crippen LogP contribution in [0.15, 0.2) is 36.4 Å². The summed E-state index contributed by atoms with van der Waals surface area (Å²) in [5.41, 5.74) is 1.14. The van der Waals surface area contributed by atoms with Crippen LogP contribution in [0.4, 0.5) is 4.39 Å². The van der Waals surface area contributed by atoms with Crippen molar-refractivity contribution in [3.05, 3.63) is 58.4 Å². The van der Waals surface area contributed by atoms with Crippen LogP contribution in [-0.2, 0) is 6.54 Å². The van der Waals surface area contributed by atoms with Gasteiger partial charge in [-0.15, -0.1) is 0 Å². The fourth-order valence-electron chi connectivity index (χ4n) is 1.91. The van der Waals surface area contributed by atoms with Crippen molar-refractivity contribution in [1.82, 2.24) is 5.32 Å². The van der Waals surface area contributed by atoms with Crippen LogP contribution in [0.3, 0.4) is 0 Å². The van der Waals surface area contributed by atoms with E-state index in [9.17, 15) is 9.18 Å². The number of rotatable bonds is 5. The minimum absolute atomic E-state index is 0.0845. The molecule has 0 aromatic heterocycles. The standard InChI is InChI=1S/C16H15ClFNO3/c1-21-14-6-3-10(7-15(14)22-2)9-19-16(20)11-4-5-13(18)12(17)8-11/h3-8H,9H2,1-2H3,(H,19,20). The van der Waals surface area contributed by atoms with Crippen LogP contribution in [0.25, 0.3) is 0 Å². The molecule has 116 valence electrons. The number of methoxy groups -OCH3 is 2. The Morgan fingerprint density at radius 3 is 2.50 bits per heavy atom. The van der Waals surface area contributed by atoms with Crippen molar-refractivity contribution in [1.29, 1.82) is 0 Å². The molecule has 0 bridgehead atoms. The molecule has 0 saturated carbocycles. The summed E-state index contributed by atoms with van der Waals surface area (Å²) in [5, 5.41) is 2.65. The molecule has 0 saturated heterocycles. The number of halogens is 2. The van der Waals surface area contributed by atoms with Gasteiger partial charge in [-0.1, -0.05) is 17.7 Å². The third-order valence-electron chi connectivity index (χ3n) is 3.08. The largest absolute Gasteiger partial charge is 0.493 e. The first-order valence-electron chi connectivity index (χ1n) is 6.49. The van der Waals surface area contributed by atoms with Crippen molar-refractivity contribution < 1.29 is 18.7 Å². The molecule has 2 aromatic rings. The molecule has 1 amide bonds. The molecule has 2 rings (SSSR count). The van der Waals surface area contributed by atoms with Crippen LogP contribution in [0.2, 0.25) is 5.02 Å². The van der Waals surface area contributed by atoms with E-state index in [1.807, 2.05) is 6.07 Å². The highest BCUT2D eigenvalue weighted by Crippen LogP contribution is 2.27. The monoisotopic (exact) mass is 323 g/mol. The first-order valence-corrected chi connectivity index (χ1v) is 6.87. The Kier molecular flexibility index (Phi) is 5.22. The summed E-state index contributed by atoms with van der Waals surface area (Å²) in [6.45, 7) is 0.300. The van der Waals surface area contributed by atoms with Gasteiger partial charge in [-0.25, -0.2) is 4.39 Å². The maximum absolute atomic E-state index is 13.1. The molecule has 1 N–H and O–H groups in total. The summed E-state index contributed by atoms with van der Waals surface area (Å²) < 4.78 is 23.4. The van der Waals surface area contributed by atoms with Gasteiger partial charge in [-0.05, 0) is 35.9 Å². The predicted octanol–water partition coefficient (Wildman–Crippen LogP) is 3.43. The smallest absolute Gasteiger partial charge is 0.251 e. The van der Waals surface area contributed by atoms with Gasteiger partial charge in [0.25, 0.3) is 5.91 Å². The lowest BCUT2D eigenvalue weighted by Crippen LogP contribution is -2.22. The lowest BCUT2D eigenvalue weighted by atomic mass is 10.1. The fraction of sp³-hybridized carbons (Fsp3) is 0.188. The van der Waals surface area contributed by atoms with Crippen molar-refractivity contribution in [2.75, 3.05) is 14.2 Å². The van der Waals surface area contributed by atoms with Gasteiger partial charge in [0.15, 0.2) is 11.5 Å². The van der Waals surface area contributed by atoms with Crippen LogP contribution in [-0.4, -0.2) is 20.1 Å². The minimum atomic E-state index is -0.557. The fourth-order valence-corrected chi connectivity index (χ4v) is 2.09. The zero-order chi connectivity index (χ0) is 16.1. The Hall–Kier alpha value is -2.27. The van der Waals surface area contributed by atoms with E-state index < -0.39 is 5.82 Å². The Morgan fingerprint density at radius 2 is 1.86 bits per heavy atom. The highest BCUT2D eigenvalue weighted by Gasteiger charge is 2.10. The van der Waals surface area contributed by atoms with Gasteiger partial charge in [-0.3, -0.25) is 4.79 Å². The van der Waals surface area contributed by atoms with Gasteiger partial charge in [0.1, 0.15) is 5.82 Å². The Labute approximate surface area is 132 Å². The van der Waals surface area contributed by atoms with Crippen molar-refractivity contribution in [2.45, 2.75) is 6.54 Å². The van der Waals surface area contributed by atoms with Crippen molar-refractivity contribution in [3.63, 3.8) is 0 Å². The van der Waals surface area contributed by atoms with Gasteiger partial charge in [0.05, 0.1) is 19.2 Å². The number of hydrogen-bond acceptors (Lipinski definition) is 3. The lowest BCUT2D eigenvalue weighted by Gasteiger charge is -2.10. The summed E-state index contributed by atoms with van der Waals surface area (Å²) >= 11 is 5.66. The van der Waals surface area contributed by atoms with E-state index in [0.29, 0.717) is 23.6 Å². The van der Waals surface area contributed by atoms with Gasteiger partial charge in [0, 0.05) is 12.1 Å². The normalized spacial score (nSPS) is 10.2. The second kappa shape index (κ2) is 7.13. The molecule has 22 heavy (non-hydrogen) atoms. The van der Waals surface area contributed by atoms with E-state index >= 15 is 0 Å². The molecule has 0 unspecified atom stereocenters. The lowest BCUT2D eigenvalue weighted by molar-refractivity contribution is 0.0951. The number of nitrogens with one attached hydrogen (secondary N) is 1. The van der Waals surface area contributed by atoms with Crippen LogP contribution in [0.5, 0.6) is 11.5 Å². The maximum atomic E-state index is 13.1. The molecule has 4 nitrogen and oxygen atoms in total. The van der Waals surface area contributed by atoms with E-state index in [0.717, 1.165) is 11.6 Å². The number of ether oxygens (including phenoxy) is 2. The summed E-state index contributed by atoms with van der Waals surface area (Å²) in [4.78, 5) is 12.0. The molecule has 0 atom stereocenters. The minimum Gasteiger partial charge on any atom is -0.493 e. The van der Waals surface area contributed by atoms with E-state index in [1.54, 1.807) is 26.4 Å². The van der Waals surface area contributed by atoms with Gasteiger partial charge >= 0.3 is 0 Å². The highest BCUT2D eigenvalue weighted by molar-refractivity contribution is 6.31. The molecular formula is C16H15ClFNO3. The number of hydrogen-bond donors (Lipinski definition) is 1. The SMILES string of the molecule is COc1ccc(CNC(=O)c2ccc(F)c(Cl)c2)cc1OC. The zero-order valence-corrected chi connectivity index (χ0v) is 12.9. The van der Waals surface area contributed by atoms with Gasteiger partial charge in [0.2, 0.25) is 0 Å². The Morgan fingerprint density at radius 1 is 1.14 bits per heavy atom. The summed E-state index contributed by atoms with van der Waals surface area (Å²) in [7, 11) is 3.10. The molecule has 0 radical (unpaired) electrons. The molecule has 0 spiro atoms. The van der Waals surface area contributed by atoms with Gasteiger partial charge in [-0.2, -0.15) is 0 Å². The predicted molar refractivity (Wildman–Crippen MR) is 82.1 cm³/mol. The van der Waals surface area contributed by atoms with Crippen LogP contribution >= 0.6 is 11.6 Å².